The Morgan fingerprint density at radius 2 is 1.67 bits per heavy atom. The molecule has 0 aromatic carbocycles. The highest BCUT2D eigenvalue weighted by Crippen LogP contribution is 2.26. The molecule has 1 saturated heterocycles. The van der Waals surface area contributed by atoms with E-state index in [0.29, 0.717) is 12.8 Å². The van der Waals surface area contributed by atoms with Crippen molar-refractivity contribution in [2.24, 2.45) is 22.9 Å². The second kappa shape index (κ2) is 6.82. The molecule has 11 N–H and O–H groups in total. The standard InChI is InChI=1S/C12H26N4O5/c13-3-4-1-7(17)8(16)12(20-4)21-11-6(15)2-5(14)9(18)10(11)19/h4-12,17-19H,1-3,13-16H2/t4-,5-,6-,7-,8+,9+,10+,11-,12+/m0/s1. The molecule has 9 atom stereocenters. The Bertz CT molecular complexity index is 350. The summed E-state index contributed by atoms with van der Waals surface area (Å²) in [5.41, 5.74) is 23.0. The lowest BCUT2D eigenvalue weighted by molar-refractivity contribution is -0.265. The molecule has 0 aromatic heterocycles. The Morgan fingerprint density at radius 3 is 2.29 bits per heavy atom. The first kappa shape index (κ1) is 17.0. The van der Waals surface area contributed by atoms with Crippen molar-refractivity contribution >= 4 is 0 Å². The van der Waals surface area contributed by atoms with Crippen LogP contribution < -0.4 is 22.9 Å². The second-order valence-electron chi connectivity index (χ2n) is 5.89. The summed E-state index contributed by atoms with van der Waals surface area (Å²) >= 11 is 0. The predicted molar refractivity (Wildman–Crippen MR) is 73.8 cm³/mol. The van der Waals surface area contributed by atoms with Gasteiger partial charge in [-0.15, -0.1) is 0 Å². The van der Waals surface area contributed by atoms with Crippen molar-refractivity contribution in [2.75, 3.05) is 6.54 Å². The van der Waals surface area contributed by atoms with E-state index in [4.69, 9.17) is 32.4 Å². The van der Waals surface area contributed by atoms with Gasteiger partial charge in [-0.1, -0.05) is 0 Å². The molecule has 0 unspecified atom stereocenters. The van der Waals surface area contributed by atoms with Crippen molar-refractivity contribution in [1.82, 2.24) is 0 Å². The minimum absolute atomic E-state index is 0.219. The minimum atomic E-state index is -1.24. The van der Waals surface area contributed by atoms with Crippen LogP contribution in [0.5, 0.6) is 0 Å². The van der Waals surface area contributed by atoms with E-state index in [1.165, 1.54) is 0 Å². The average molecular weight is 306 g/mol. The zero-order chi connectivity index (χ0) is 15.7. The van der Waals surface area contributed by atoms with Crippen LogP contribution in [0.4, 0.5) is 0 Å². The molecule has 124 valence electrons. The van der Waals surface area contributed by atoms with Crippen LogP contribution in [-0.4, -0.2) is 76.8 Å². The third-order valence-corrected chi connectivity index (χ3v) is 4.24. The summed E-state index contributed by atoms with van der Waals surface area (Å²) < 4.78 is 11.2. The van der Waals surface area contributed by atoms with Gasteiger partial charge in [-0.2, -0.15) is 0 Å². The summed E-state index contributed by atoms with van der Waals surface area (Å²) in [5, 5.41) is 29.8. The molecule has 1 saturated carbocycles. The molecule has 2 rings (SSSR count). The molecule has 1 aliphatic heterocycles. The maximum Gasteiger partial charge on any atom is 0.176 e. The molecule has 0 bridgehead atoms. The third-order valence-electron chi connectivity index (χ3n) is 4.24. The Kier molecular flexibility index (Phi) is 5.52. The molecule has 21 heavy (non-hydrogen) atoms. The van der Waals surface area contributed by atoms with Crippen LogP contribution in [-0.2, 0) is 9.47 Å². The first-order valence-corrected chi connectivity index (χ1v) is 7.17. The van der Waals surface area contributed by atoms with Crippen LogP contribution in [0.3, 0.4) is 0 Å². The van der Waals surface area contributed by atoms with Crippen molar-refractivity contribution < 1.29 is 24.8 Å². The van der Waals surface area contributed by atoms with Gasteiger partial charge in [0.25, 0.3) is 0 Å². The van der Waals surface area contributed by atoms with Gasteiger partial charge in [0, 0.05) is 25.0 Å². The van der Waals surface area contributed by atoms with Gasteiger partial charge in [-0.05, 0) is 6.42 Å². The largest absolute Gasteiger partial charge is 0.391 e. The average Bonchev–Trinajstić information content (AvgIpc) is 2.45. The fourth-order valence-corrected chi connectivity index (χ4v) is 2.84. The van der Waals surface area contributed by atoms with Crippen molar-refractivity contribution in [2.45, 2.75) is 67.8 Å². The van der Waals surface area contributed by atoms with E-state index in [1.54, 1.807) is 0 Å². The van der Waals surface area contributed by atoms with E-state index in [-0.39, 0.29) is 12.6 Å². The van der Waals surface area contributed by atoms with Gasteiger partial charge in [0.15, 0.2) is 6.29 Å². The number of hydrogen-bond donors (Lipinski definition) is 7. The monoisotopic (exact) mass is 306 g/mol. The number of aliphatic hydroxyl groups excluding tert-OH is 3. The lowest BCUT2D eigenvalue weighted by Crippen LogP contribution is -2.65. The van der Waals surface area contributed by atoms with Gasteiger partial charge in [0.05, 0.1) is 24.4 Å². The molecular formula is C12H26N4O5. The minimum Gasteiger partial charge on any atom is -0.391 e. The van der Waals surface area contributed by atoms with Crippen LogP contribution in [0.1, 0.15) is 12.8 Å². The Morgan fingerprint density at radius 1 is 1.00 bits per heavy atom. The fraction of sp³-hybridized carbons (Fsp3) is 1.00. The molecule has 0 amide bonds. The smallest absolute Gasteiger partial charge is 0.176 e. The summed E-state index contributed by atoms with van der Waals surface area (Å²) in [5.74, 6) is 0. The number of rotatable bonds is 3. The molecule has 9 nitrogen and oxygen atoms in total. The van der Waals surface area contributed by atoms with Crippen LogP contribution in [0.25, 0.3) is 0 Å². The highest BCUT2D eigenvalue weighted by molar-refractivity contribution is 4.98. The SMILES string of the molecule is NC[C@@H]1C[C@H](O)[C@@H](N)[C@@H](O[C@@H]2[C@H](O)[C@H](O)[C@@H](N)C[C@@H]2N)O1. The van der Waals surface area contributed by atoms with Gasteiger partial charge in [0.2, 0.25) is 0 Å². The molecule has 9 heteroatoms. The van der Waals surface area contributed by atoms with Gasteiger partial charge in [-0.25, -0.2) is 0 Å². The molecule has 0 aromatic rings. The molecule has 2 fully saturated rings. The van der Waals surface area contributed by atoms with Crippen molar-refractivity contribution in [3.05, 3.63) is 0 Å². The maximum absolute atomic E-state index is 10.1. The Hall–Kier alpha value is -0.360. The normalized spacial score (nSPS) is 51.9. The molecular weight excluding hydrogens is 280 g/mol. The van der Waals surface area contributed by atoms with Crippen LogP contribution >= 0.6 is 0 Å². The fourth-order valence-electron chi connectivity index (χ4n) is 2.84. The quantitative estimate of drug-likeness (QED) is 0.272. The van der Waals surface area contributed by atoms with Gasteiger partial charge in [-0.3, -0.25) is 0 Å². The summed E-state index contributed by atoms with van der Waals surface area (Å²) in [6, 6.07) is -1.96. The highest BCUT2D eigenvalue weighted by atomic mass is 16.7. The van der Waals surface area contributed by atoms with Crippen molar-refractivity contribution in [3.63, 3.8) is 0 Å². The zero-order valence-electron chi connectivity index (χ0n) is 11.8. The number of aliphatic hydroxyl groups is 3. The number of nitrogens with two attached hydrogens (primary N) is 4. The first-order chi connectivity index (χ1) is 9.85. The zero-order valence-corrected chi connectivity index (χ0v) is 11.8. The molecule has 0 radical (unpaired) electrons. The lowest BCUT2D eigenvalue weighted by Gasteiger charge is -2.44. The Balaban J connectivity index is 2.04. The first-order valence-electron chi connectivity index (χ1n) is 7.17. The third kappa shape index (κ3) is 3.52. The van der Waals surface area contributed by atoms with Crippen LogP contribution in [0.15, 0.2) is 0 Å². The number of hydrogen-bond acceptors (Lipinski definition) is 9. The van der Waals surface area contributed by atoms with E-state index >= 15 is 0 Å². The second-order valence-corrected chi connectivity index (χ2v) is 5.89. The van der Waals surface area contributed by atoms with E-state index in [9.17, 15) is 15.3 Å². The van der Waals surface area contributed by atoms with Gasteiger partial charge >= 0.3 is 0 Å². The Labute approximate surface area is 123 Å². The summed E-state index contributed by atoms with van der Waals surface area (Å²) in [4.78, 5) is 0. The molecule has 1 aliphatic carbocycles. The molecule has 2 aliphatic rings. The van der Waals surface area contributed by atoms with Gasteiger partial charge in [0.1, 0.15) is 12.2 Å². The topological polar surface area (TPSA) is 183 Å². The van der Waals surface area contributed by atoms with Gasteiger partial charge < -0.3 is 47.7 Å². The van der Waals surface area contributed by atoms with E-state index in [0.717, 1.165) is 0 Å². The van der Waals surface area contributed by atoms with Crippen LogP contribution in [0.2, 0.25) is 0 Å². The number of ether oxygens (including phenoxy) is 2. The van der Waals surface area contributed by atoms with E-state index < -0.39 is 48.8 Å². The predicted octanol–water partition coefficient (Wildman–Crippen LogP) is -4.09. The maximum atomic E-state index is 10.1. The van der Waals surface area contributed by atoms with Crippen LogP contribution in [0, 0.1) is 0 Å². The summed E-state index contributed by atoms with van der Waals surface area (Å²) in [6.07, 6.45) is -4.78. The summed E-state index contributed by atoms with van der Waals surface area (Å²) in [7, 11) is 0. The van der Waals surface area contributed by atoms with Crippen molar-refractivity contribution in [3.8, 4) is 0 Å². The molecule has 0 spiro atoms. The lowest BCUT2D eigenvalue weighted by atomic mass is 9.84. The summed E-state index contributed by atoms with van der Waals surface area (Å²) in [6.45, 7) is 0.219. The van der Waals surface area contributed by atoms with E-state index in [2.05, 4.69) is 0 Å². The van der Waals surface area contributed by atoms with Crippen molar-refractivity contribution in [1.29, 1.82) is 0 Å². The highest BCUT2D eigenvalue weighted by Gasteiger charge is 2.45. The molecule has 1 heterocycles. The van der Waals surface area contributed by atoms with E-state index in [1.807, 2.05) is 0 Å².